The van der Waals surface area contributed by atoms with Crippen LogP contribution in [0.3, 0.4) is 0 Å². The van der Waals surface area contributed by atoms with Crippen LogP contribution in [-0.4, -0.2) is 59.8 Å². The Morgan fingerprint density at radius 1 is 1.10 bits per heavy atom. The first kappa shape index (κ1) is 20.3. The van der Waals surface area contributed by atoms with Gasteiger partial charge in [-0.3, -0.25) is 19.1 Å². The van der Waals surface area contributed by atoms with Crippen molar-refractivity contribution in [2.75, 3.05) is 39.4 Å². The number of carbonyl (C=O) groups is 1. The van der Waals surface area contributed by atoms with Crippen LogP contribution < -0.4 is 10.9 Å². The van der Waals surface area contributed by atoms with Gasteiger partial charge in [0.15, 0.2) is 0 Å². The summed E-state index contributed by atoms with van der Waals surface area (Å²) in [5.74, 6) is -0.338. The molecule has 1 aromatic carbocycles. The lowest BCUT2D eigenvalue weighted by Crippen LogP contribution is -2.38. The zero-order valence-corrected chi connectivity index (χ0v) is 16.9. The third kappa shape index (κ3) is 4.75. The second-order valence-electron chi connectivity index (χ2n) is 7.41. The maximum Gasteiger partial charge on any atom is 0.265 e. The predicted octanol–water partition coefficient (Wildman–Crippen LogP) is 1.90. The average molecular weight is 406 g/mol. The molecular formula is C23H26N4O3. The zero-order chi connectivity index (χ0) is 20.8. The number of nitrogens with zero attached hydrogens (tertiary/aromatic N) is 3. The summed E-state index contributed by atoms with van der Waals surface area (Å²) in [4.78, 5) is 32.6. The molecule has 4 rings (SSSR count). The molecule has 30 heavy (non-hydrogen) atoms. The van der Waals surface area contributed by atoms with Gasteiger partial charge in [0, 0.05) is 31.2 Å². The number of rotatable bonds is 7. The van der Waals surface area contributed by atoms with Crippen molar-refractivity contribution in [1.82, 2.24) is 19.8 Å². The molecule has 1 fully saturated rings. The van der Waals surface area contributed by atoms with Gasteiger partial charge in [-0.05, 0) is 36.7 Å². The molecule has 1 aliphatic heterocycles. The SMILES string of the molecule is O=C(NCCCN1CCOCC1)c1cc2cccnc2n(Cc2ccccc2)c1=O. The van der Waals surface area contributed by atoms with Crippen LogP contribution >= 0.6 is 0 Å². The van der Waals surface area contributed by atoms with Crippen LogP contribution in [0.25, 0.3) is 11.0 Å². The summed E-state index contributed by atoms with van der Waals surface area (Å²) in [6.45, 7) is 5.18. The molecule has 1 saturated heterocycles. The van der Waals surface area contributed by atoms with Gasteiger partial charge in [0.2, 0.25) is 0 Å². The third-order valence-corrected chi connectivity index (χ3v) is 5.32. The monoisotopic (exact) mass is 406 g/mol. The van der Waals surface area contributed by atoms with Gasteiger partial charge in [-0.15, -0.1) is 0 Å². The van der Waals surface area contributed by atoms with Gasteiger partial charge in [-0.2, -0.15) is 0 Å². The van der Waals surface area contributed by atoms with E-state index >= 15 is 0 Å². The van der Waals surface area contributed by atoms with E-state index in [0.29, 0.717) is 18.7 Å². The fourth-order valence-corrected chi connectivity index (χ4v) is 3.71. The van der Waals surface area contributed by atoms with E-state index in [1.54, 1.807) is 16.8 Å². The number of fused-ring (bicyclic) bond motifs is 1. The van der Waals surface area contributed by atoms with Crippen molar-refractivity contribution in [3.8, 4) is 0 Å². The largest absolute Gasteiger partial charge is 0.379 e. The van der Waals surface area contributed by atoms with Gasteiger partial charge in [0.05, 0.1) is 19.8 Å². The van der Waals surface area contributed by atoms with Crippen LogP contribution in [0.15, 0.2) is 59.5 Å². The molecule has 1 aliphatic rings. The topological polar surface area (TPSA) is 76.5 Å². The number of hydrogen-bond acceptors (Lipinski definition) is 5. The van der Waals surface area contributed by atoms with E-state index in [9.17, 15) is 9.59 Å². The third-order valence-electron chi connectivity index (χ3n) is 5.32. The Morgan fingerprint density at radius 3 is 2.70 bits per heavy atom. The highest BCUT2D eigenvalue weighted by Crippen LogP contribution is 2.13. The van der Waals surface area contributed by atoms with Crippen LogP contribution in [0.2, 0.25) is 0 Å². The molecule has 0 spiro atoms. The number of aromatic nitrogens is 2. The Bertz CT molecular complexity index is 1060. The van der Waals surface area contributed by atoms with E-state index in [0.717, 1.165) is 50.2 Å². The van der Waals surface area contributed by atoms with Crippen LogP contribution in [-0.2, 0) is 11.3 Å². The molecule has 0 atom stereocenters. The molecular weight excluding hydrogens is 380 g/mol. The van der Waals surface area contributed by atoms with E-state index in [-0.39, 0.29) is 17.0 Å². The minimum absolute atomic E-state index is 0.151. The van der Waals surface area contributed by atoms with Crippen LogP contribution in [0.5, 0.6) is 0 Å². The van der Waals surface area contributed by atoms with E-state index in [1.807, 2.05) is 42.5 Å². The number of nitrogens with one attached hydrogen (secondary N) is 1. The summed E-state index contributed by atoms with van der Waals surface area (Å²) >= 11 is 0. The normalized spacial score (nSPS) is 14.7. The van der Waals surface area contributed by atoms with Crippen molar-refractivity contribution >= 4 is 16.9 Å². The summed E-state index contributed by atoms with van der Waals surface area (Å²) < 4.78 is 6.93. The fraction of sp³-hybridized carbons (Fsp3) is 0.348. The first-order chi connectivity index (χ1) is 14.7. The highest BCUT2D eigenvalue weighted by Gasteiger charge is 2.17. The molecule has 3 aromatic rings. The number of benzene rings is 1. The van der Waals surface area contributed by atoms with Gasteiger partial charge in [-0.1, -0.05) is 30.3 Å². The van der Waals surface area contributed by atoms with Crippen molar-refractivity contribution in [2.45, 2.75) is 13.0 Å². The molecule has 156 valence electrons. The maximum atomic E-state index is 13.1. The molecule has 0 aliphatic carbocycles. The molecule has 1 N–H and O–H groups in total. The minimum Gasteiger partial charge on any atom is -0.379 e. The molecule has 3 heterocycles. The number of hydrogen-bond donors (Lipinski definition) is 1. The first-order valence-electron chi connectivity index (χ1n) is 10.3. The Kier molecular flexibility index (Phi) is 6.51. The molecule has 2 aromatic heterocycles. The molecule has 0 unspecified atom stereocenters. The standard InChI is InChI=1S/C23H26N4O3/c28-22(25-10-5-11-26-12-14-30-15-13-26)20-16-19-8-4-9-24-21(19)27(23(20)29)17-18-6-2-1-3-7-18/h1-4,6-9,16H,5,10-15,17H2,(H,25,28). The number of amides is 1. The lowest BCUT2D eigenvalue weighted by atomic mass is 10.1. The van der Waals surface area contributed by atoms with Gasteiger partial charge >= 0.3 is 0 Å². The number of ether oxygens (including phenoxy) is 1. The lowest BCUT2D eigenvalue weighted by molar-refractivity contribution is 0.0374. The van der Waals surface area contributed by atoms with Crippen molar-refractivity contribution < 1.29 is 9.53 Å². The fourth-order valence-electron chi connectivity index (χ4n) is 3.71. The Labute approximate surface area is 175 Å². The van der Waals surface area contributed by atoms with Crippen LogP contribution in [0.4, 0.5) is 0 Å². The first-order valence-corrected chi connectivity index (χ1v) is 10.3. The molecule has 7 heteroatoms. The highest BCUT2D eigenvalue weighted by atomic mass is 16.5. The Hall–Kier alpha value is -3.03. The van der Waals surface area contributed by atoms with E-state index in [4.69, 9.17) is 4.74 Å². The maximum absolute atomic E-state index is 13.1. The summed E-state index contributed by atoms with van der Waals surface area (Å²) in [5.41, 5.74) is 1.39. The van der Waals surface area contributed by atoms with E-state index < -0.39 is 0 Å². The smallest absolute Gasteiger partial charge is 0.265 e. The summed E-state index contributed by atoms with van der Waals surface area (Å²) in [6, 6.07) is 15.0. The van der Waals surface area contributed by atoms with Crippen LogP contribution in [0.1, 0.15) is 22.3 Å². The molecule has 0 bridgehead atoms. The Balaban J connectivity index is 1.51. The Morgan fingerprint density at radius 2 is 1.90 bits per heavy atom. The molecule has 1 amide bonds. The van der Waals surface area contributed by atoms with Crippen LogP contribution in [0, 0.1) is 0 Å². The number of morpholine rings is 1. The summed E-state index contributed by atoms with van der Waals surface area (Å²) in [5, 5.41) is 3.67. The highest BCUT2D eigenvalue weighted by molar-refractivity contribution is 5.96. The quantitative estimate of drug-likeness (QED) is 0.607. The molecule has 0 radical (unpaired) electrons. The van der Waals surface area contributed by atoms with Gasteiger partial charge in [0.1, 0.15) is 11.2 Å². The minimum atomic E-state index is -0.338. The van der Waals surface area contributed by atoms with Crippen molar-refractivity contribution in [1.29, 1.82) is 0 Å². The van der Waals surface area contributed by atoms with Gasteiger partial charge < -0.3 is 10.1 Å². The van der Waals surface area contributed by atoms with E-state index in [2.05, 4.69) is 15.2 Å². The van der Waals surface area contributed by atoms with Crippen molar-refractivity contribution in [3.05, 3.63) is 76.2 Å². The number of pyridine rings is 2. The second-order valence-corrected chi connectivity index (χ2v) is 7.41. The average Bonchev–Trinajstić information content (AvgIpc) is 2.79. The molecule has 7 nitrogen and oxygen atoms in total. The molecule has 0 saturated carbocycles. The number of carbonyl (C=O) groups excluding carboxylic acids is 1. The van der Waals surface area contributed by atoms with Gasteiger partial charge in [-0.25, -0.2) is 4.98 Å². The van der Waals surface area contributed by atoms with Crippen molar-refractivity contribution in [2.24, 2.45) is 0 Å². The zero-order valence-electron chi connectivity index (χ0n) is 16.9. The summed E-state index contributed by atoms with van der Waals surface area (Å²) in [7, 11) is 0. The summed E-state index contributed by atoms with van der Waals surface area (Å²) in [6.07, 6.45) is 2.49. The van der Waals surface area contributed by atoms with Gasteiger partial charge in [0.25, 0.3) is 11.5 Å². The lowest BCUT2D eigenvalue weighted by Gasteiger charge is -2.26. The van der Waals surface area contributed by atoms with Crippen molar-refractivity contribution in [3.63, 3.8) is 0 Å². The van der Waals surface area contributed by atoms with E-state index in [1.165, 1.54) is 0 Å². The second kappa shape index (κ2) is 9.65. The predicted molar refractivity (Wildman–Crippen MR) is 116 cm³/mol.